The Morgan fingerprint density at radius 3 is 2.23 bits per heavy atom. The van der Waals surface area contributed by atoms with Crippen LogP contribution in [0, 0.1) is 12.8 Å². The van der Waals surface area contributed by atoms with E-state index in [0.717, 1.165) is 11.1 Å². The van der Waals surface area contributed by atoms with Crippen LogP contribution in [-0.2, 0) is 0 Å². The molecule has 0 aliphatic heterocycles. The maximum Gasteiger partial charge on any atom is 0.126 e. The number of rotatable bonds is 6. The molecule has 0 fully saturated rings. The van der Waals surface area contributed by atoms with Gasteiger partial charge in [0.05, 0.1) is 0 Å². The third-order valence-corrected chi connectivity index (χ3v) is 4.25. The maximum atomic E-state index is 14.3. The molecule has 0 spiro atoms. The molecule has 1 atom stereocenters. The molecule has 0 aromatic heterocycles. The van der Waals surface area contributed by atoms with Gasteiger partial charge in [-0.2, -0.15) is 0 Å². The third-order valence-electron chi connectivity index (χ3n) is 4.25. The van der Waals surface area contributed by atoms with Gasteiger partial charge in [0.15, 0.2) is 0 Å². The van der Waals surface area contributed by atoms with Gasteiger partial charge < -0.3 is 0 Å². The molecular weight excluding hydrogens is 319 g/mol. The fourth-order valence-corrected chi connectivity index (χ4v) is 2.88. The Hall–Kier alpha value is -2.11. The van der Waals surface area contributed by atoms with E-state index >= 15 is 0 Å². The Kier molecular flexibility index (Phi) is 11.3. The Labute approximate surface area is 160 Å². The van der Waals surface area contributed by atoms with Gasteiger partial charge in [-0.25, -0.2) is 4.39 Å². The molecule has 1 rings (SSSR count). The summed E-state index contributed by atoms with van der Waals surface area (Å²) in [5.41, 5.74) is 9.13. The van der Waals surface area contributed by atoms with Crippen molar-refractivity contribution < 1.29 is 4.39 Å². The van der Waals surface area contributed by atoms with Gasteiger partial charge in [0.1, 0.15) is 5.83 Å². The van der Waals surface area contributed by atoms with E-state index in [4.69, 9.17) is 0 Å². The fourth-order valence-electron chi connectivity index (χ4n) is 2.88. The first kappa shape index (κ1) is 23.9. The average Bonchev–Trinajstić information content (AvgIpc) is 2.62. The monoisotopic (exact) mass is 354 g/mol. The minimum atomic E-state index is -0.203. The third kappa shape index (κ3) is 7.02. The Balaban J connectivity index is 0.00000301. The maximum absolute atomic E-state index is 14.3. The average molecular weight is 355 g/mol. The number of aryl methyl sites for hydroxylation is 1. The first-order valence-corrected chi connectivity index (χ1v) is 9.44. The van der Waals surface area contributed by atoms with Crippen molar-refractivity contribution in [3.63, 3.8) is 0 Å². The van der Waals surface area contributed by atoms with Crippen LogP contribution in [0.5, 0.6) is 0 Å². The van der Waals surface area contributed by atoms with E-state index in [1.807, 2.05) is 33.8 Å². The van der Waals surface area contributed by atoms with E-state index in [2.05, 4.69) is 57.4 Å². The zero-order valence-electron chi connectivity index (χ0n) is 17.8. The van der Waals surface area contributed by atoms with Crippen LogP contribution in [-0.4, -0.2) is 0 Å². The number of allylic oxidation sites excluding steroid dienone is 7. The van der Waals surface area contributed by atoms with Crippen molar-refractivity contribution in [2.45, 2.75) is 61.8 Å². The predicted octanol–water partition coefficient (Wildman–Crippen LogP) is 8.37. The summed E-state index contributed by atoms with van der Waals surface area (Å²) in [5, 5.41) is 0. The first-order chi connectivity index (χ1) is 12.3. The lowest BCUT2D eigenvalue weighted by Crippen LogP contribution is -2.03. The van der Waals surface area contributed by atoms with E-state index < -0.39 is 0 Å². The topological polar surface area (TPSA) is 0 Å². The van der Waals surface area contributed by atoms with Crippen molar-refractivity contribution in [2.24, 2.45) is 5.92 Å². The summed E-state index contributed by atoms with van der Waals surface area (Å²) in [6.45, 7) is 19.7. The van der Waals surface area contributed by atoms with E-state index in [0.29, 0.717) is 12.0 Å². The Morgan fingerprint density at radius 1 is 1.19 bits per heavy atom. The van der Waals surface area contributed by atoms with Crippen molar-refractivity contribution in [1.82, 2.24) is 0 Å². The normalized spacial score (nSPS) is 12.9. The molecule has 0 aliphatic rings. The molecule has 1 aromatic rings. The minimum absolute atomic E-state index is 0.203. The molecule has 0 heterocycles. The van der Waals surface area contributed by atoms with Crippen LogP contribution >= 0.6 is 0 Å². The highest BCUT2D eigenvalue weighted by molar-refractivity contribution is 5.69. The second-order valence-corrected chi connectivity index (χ2v) is 6.51. The van der Waals surface area contributed by atoms with E-state index in [1.165, 1.54) is 16.7 Å². The lowest BCUT2D eigenvalue weighted by atomic mass is 9.85. The van der Waals surface area contributed by atoms with Gasteiger partial charge in [0, 0.05) is 0 Å². The van der Waals surface area contributed by atoms with E-state index in [9.17, 15) is 4.39 Å². The molecule has 26 heavy (non-hydrogen) atoms. The summed E-state index contributed by atoms with van der Waals surface area (Å²) in [6.07, 6.45) is 4.43. The van der Waals surface area contributed by atoms with Crippen LogP contribution in [0.15, 0.2) is 71.3 Å². The van der Waals surface area contributed by atoms with E-state index in [1.54, 1.807) is 13.0 Å². The fraction of sp³-hybridized carbons (Fsp3) is 0.400. The predicted molar refractivity (Wildman–Crippen MR) is 116 cm³/mol. The number of hydrogen-bond acceptors (Lipinski definition) is 0. The lowest BCUT2D eigenvalue weighted by molar-refractivity contribution is 0.647. The molecule has 0 aliphatic carbocycles. The lowest BCUT2D eigenvalue weighted by Gasteiger charge is -2.19. The van der Waals surface area contributed by atoms with Gasteiger partial charge in [0.2, 0.25) is 0 Å². The van der Waals surface area contributed by atoms with Gasteiger partial charge >= 0.3 is 0 Å². The summed E-state index contributed by atoms with van der Waals surface area (Å²) in [4.78, 5) is 0. The van der Waals surface area contributed by atoms with Crippen molar-refractivity contribution in [3.05, 3.63) is 82.4 Å². The van der Waals surface area contributed by atoms with Gasteiger partial charge in [-0.3, -0.25) is 0 Å². The highest BCUT2D eigenvalue weighted by atomic mass is 19.1. The van der Waals surface area contributed by atoms with Crippen molar-refractivity contribution in [3.8, 4) is 0 Å². The number of halogens is 1. The molecule has 1 aromatic carbocycles. The van der Waals surface area contributed by atoms with Gasteiger partial charge in [-0.1, -0.05) is 63.3 Å². The molecule has 0 amide bonds. The van der Waals surface area contributed by atoms with Crippen LogP contribution in [0.2, 0.25) is 0 Å². The Morgan fingerprint density at radius 2 is 1.77 bits per heavy atom. The van der Waals surface area contributed by atoms with Crippen LogP contribution in [0.3, 0.4) is 0 Å². The second-order valence-electron chi connectivity index (χ2n) is 6.51. The van der Waals surface area contributed by atoms with Crippen LogP contribution < -0.4 is 0 Å². The largest absolute Gasteiger partial charge is 0.207 e. The number of hydrogen-bond donors (Lipinski definition) is 0. The smallest absolute Gasteiger partial charge is 0.126 e. The minimum Gasteiger partial charge on any atom is -0.207 e. The van der Waals surface area contributed by atoms with Crippen molar-refractivity contribution in [2.75, 3.05) is 0 Å². The highest BCUT2D eigenvalue weighted by Crippen LogP contribution is 2.32. The molecule has 0 saturated carbocycles. The summed E-state index contributed by atoms with van der Waals surface area (Å²) in [7, 11) is 0. The first-order valence-electron chi connectivity index (χ1n) is 9.44. The molecule has 142 valence electrons. The van der Waals surface area contributed by atoms with Crippen molar-refractivity contribution >= 4 is 5.57 Å². The van der Waals surface area contributed by atoms with Crippen LogP contribution in [0.25, 0.3) is 5.57 Å². The summed E-state index contributed by atoms with van der Waals surface area (Å²) >= 11 is 0. The quantitative estimate of drug-likeness (QED) is 0.355. The Bertz CT molecular complexity index is 718. The number of benzene rings is 1. The van der Waals surface area contributed by atoms with Gasteiger partial charge in [-0.15, -0.1) is 5.73 Å². The van der Waals surface area contributed by atoms with Crippen molar-refractivity contribution in [1.29, 1.82) is 0 Å². The molecule has 0 bridgehead atoms. The standard InChI is InChI=1S/C23H29F.C2H6/c1-8-20(19(7)23(24)14-16(3)4)15-18(6)21(9-2)22-13-11-10-12-17(22)5;1-2/h9-14,18H,1,15H2,2-7H3;1-2H3/b21-9-,23-19-;. The highest BCUT2D eigenvalue weighted by Gasteiger charge is 2.16. The van der Waals surface area contributed by atoms with Crippen LogP contribution in [0.4, 0.5) is 4.39 Å². The SMILES string of the molecule is C=C=C(CC(C)/C(=C/C)c1ccccc1C)/C(C)=C(\F)C=C(C)C.CC. The van der Waals surface area contributed by atoms with E-state index in [-0.39, 0.29) is 11.7 Å². The molecule has 0 radical (unpaired) electrons. The summed E-state index contributed by atoms with van der Waals surface area (Å²) < 4.78 is 14.3. The van der Waals surface area contributed by atoms with Crippen LogP contribution in [0.1, 0.15) is 66.0 Å². The molecular formula is C25H35F. The van der Waals surface area contributed by atoms with Gasteiger partial charge in [-0.05, 0) is 80.9 Å². The molecule has 0 N–H and O–H groups in total. The zero-order chi connectivity index (χ0) is 20.3. The molecule has 0 nitrogen and oxygen atoms in total. The zero-order valence-corrected chi connectivity index (χ0v) is 17.8. The van der Waals surface area contributed by atoms with Gasteiger partial charge in [0.25, 0.3) is 0 Å². The molecule has 1 unspecified atom stereocenters. The second kappa shape index (κ2) is 12.3. The molecule has 0 saturated heterocycles. The molecule has 1 heteroatoms. The summed E-state index contributed by atoms with van der Waals surface area (Å²) in [5.74, 6) is 0.0565. The summed E-state index contributed by atoms with van der Waals surface area (Å²) in [6, 6.07) is 8.37.